The maximum atomic E-state index is 5.77. The number of imidazole rings is 1. The molecule has 11 heavy (non-hydrogen) atoms. The van der Waals surface area contributed by atoms with E-state index >= 15 is 0 Å². The smallest absolute Gasteiger partial charge is 0.197 e. The largest absolute Gasteiger partial charge is 0.369 e. The zero-order valence-corrected chi connectivity index (χ0v) is 6.30. The Bertz CT molecular complexity index is 265. The van der Waals surface area contributed by atoms with Crippen molar-refractivity contribution in [2.24, 2.45) is 5.73 Å². The molecular weight excluding hydrogens is 140 g/mol. The molecule has 0 saturated heterocycles. The highest BCUT2D eigenvalue weighted by Gasteiger charge is 2.18. The Balaban J connectivity index is 2.34. The second-order valence-electron chi connectivity index (χ2n) is 3.05. The average Bonchev–Trinajstić information content (AvgIpc) is 2.27. The minimum Gasteiger partial charge on any atom is -0.369 e. The lowest BCUT2D eigenvalue weighted by Gasteiger charge is -2.15. The van der Waals surface area contributed by atoms with Crippen molar-refractivity contribution < 1.29 is 0 Å². The first-order chi connectivity index (χ1) is 5.25. The minimum absolute atomic E-state index is 0.280. The van der Waals surface area contributed by atoms with Crippen molar-refractivity contribution in [3.8, 4) is 0 Å². The van der Waals surface area contributed by atoms with Crippen LogP contribution in [-0.2, 0) is 12.8 Å². The summed E-state index contributed by atoms with van der Waals surface area (Å²) in [6.07, 6.45) is 2.88. The summed E-state index contributed by atoms with van der Waals surface area (Å²) < 4.78 is 0. The van der Waals surface area contributed by atoms with E-state index in [1.165, 1.54) is 0 Å². The average molecular weight is 152 g/mol. The predicted octanol–water partition coefficient (Wildman–Crippen LogP) is -0.192. The van der Waals surface area contributed by atoms with Crippen LogP contribution in [0.1, 0.15) is 17.8 Å². The number of aromatic nitrogens is 2. The van der Waals surface area contributed by atoms with Gasteiger partial charge in [-0.25, -0.2) is 4.98 Å². The predicted molar refractivity (Wildman–Crippen MR) is 43.0 cm³/mol. The highest BCUT2D eigenvalue weighted by atomic mass is 15.0. The Labute approximate surface area is 65.0 Å². The van der Waals surface area contributed by atoms with E-state index in [4.69, 9.17) is 11.5 Å². The fourth-order valence-electron chi connectivity index (χ4n) is 1.53. The molecule has 1 aliphatic carbocycles. The van der Waals surface area contributed by atoms with E-state index in [0.29, 0.717) is 5.95 Å². The van der Waals surface area contributed by atoms with Crippen molar-refractivity contribution in [3.63, 3.8) is 0 Å². The Hall–Kier alpha value is -1.03. The van der Waals surface area contributed by atoms with Gasteiger partial charge < -0.3 is 16.5 Å². The topological polar surface area (TPSA) is 80.7 Å². The van der Waals surface area contributed by atoms with Crippen molar-refractivity contribution in [3.05, 3.63) is 11.4 Å². The highest BCUT2D eigenvalue weighted by molar-refractivity contribution is 5.28. The number of hydrogen-bond acceptors (Lipinski definition) is 3. The molecule has 2 rings (SSSR count). The molecule has 4 nitrogen and oxygen atoms in total. The lowest BCUT2D eigenvalue weighted by atomic mass is 9.97. The molecule has 0 aromatic carbocycles. The van der Waals surface area contributed by atoms with Crippen LogP contribution in [0.15, 0.2) is 0 Å². The minimum atomic E-state index is 0.280. The van der Waals surface area contributed by atoms with Gasteiger partial charge in [-0.3, -0.25) is 0 Å². The molecule has 1 aromatic heterocycles. The van der Waals surface area contributed by atoms with E-state index in [2.05, 4.69) is 9.97 Å². The van der Waals surface area contributed by atoms with Crippen LogP contribution in [0.2, 0.25) is 0 Å². The number of aromatic amines is 1. The molecule has 1 atom stereocenters. The van der Waals surface area contributed by atoms with E-state index in [1.54, 1.807) is 0 Å². The van der Waals surface area contributed by atoms with Crippen molar-refractivity contribution in [2.45, 2.75) is 25.3 Å². The Morgan fingerprint density at radius 1 is 1.55 bits per heavy atom. The van der Waals surface area contributed by atoms with Gasteiger partial charge in [-0.1, -0.05) is 0 Å². The lowest BCUT2D eigenvalue weighted by Crippen LogP contribution is -2.27. The third-order valence-electron chi connectivity index (χ3n) is 2.10. The molecule has 0 unspecified atom stereocenters. The first-order valence-electron chi connectivity index (χ1n) is 3.84. The summed E-state index contributed by atoms with van der Waals surface area (Å²) >= 11 is 0. The number of aryl methyl sites for hydroxylation is 1. The Kier molecular flexibility index (Phi) is 1.35. The molecule has 1 aromatic rings. The van der Waals surface area contributed by atoms with Gasteiger partial charge in [0, 0.05) is 18.2 Å². The van der Waals surface area contributed by atoms with Crippen LogP contribution in [0, 0.1) is 0 Å². The summed E-state index contributed by atoms with van der Waals surface area (Å²) in [5.41, 5.74) is 13.5. The summed E-state index contributed by atoms with van der Waals surface area (Å²) in [4.78, 5) is 7.17. The zero-order chi connectivity index (χ0) is 7.84. The van der Waals surface area contributed by atoms with Crippen molar-refractivity contribution in [2.75, 3.05) is 5.73 Å². The van der Waals surface area contributed by atoms with E-state index in [1.807, 2.05) is 0 Å². The van der Waals surface area contributed by atoms with Crippen LogP contribution >= 0.6 is 0 Å². The molecule has 0 radical (unpaired) electrons. The van der Waals surface area contributed by atoms with E-state index in [-0.39, 0.29) is 6.04 Å². The summed E-state index contributed by atoms with van der Waals surface area (Å²) in [7, 11) is 0. The van der Waals surface area contributed by atoms with Crippen molar-refractivity contribution >= 4 is 5.95 Å². The van der Waals surface area contributed by atoms with Gasteiger partial charge in [0.05, 0.1) is 5.69 Å². The van der Waals surface area contributed by atoms with Gasteiger partial charge in [0.2, 0.25) is 0 Å². The number of nitrogen functional groups attached to an aromatic ring is 1. The Morgan fingerprint density at radius 2 is 2.36 bits per heavy atom. The summed E-state index contributed by atoms with van der Waals surface area (Å²) in [5, 5.41) is 0. The second-order valence-corrected chi connectivity index (χ2v) is 3.05. The number of anilines is 1. The molecule has 60 valence electrons. The zero-order valence-electron chi connectivity index (χ0n) is 6.30. The third kappa shape index (κ3) is 1.09. The van der Waals surface area contributed by atoms with Gasteiger partial charge in [0.25, 0.3) is 0 Å². The molecule has 0 amide bonds. The van der Waals surface area contributed by atoms with Gasteiger partial charge >= 0.3 is 0 Å². The molecule has 5 N–H and O–H groups in total. The lowest BCUT2D eigenvalue weighted by molar-refractivity contribution is 0.565. The maximum Gasteiger partial charge on any atom is 0.197 e. The standard InChI is InChI=1S/C7H12N4/c8-4-1-2-5-6(3-4)11-7(9)10-5/h4H,1-3,8H2,(H3,9,10,11)/t4-/m1/s1. The molecule has 1 heterocycles. The molecular formula is C7H12N4. The Morgan fingerprint density at radius 3 is 3.18 bits per heavy atom. The number of nitrogens with one attached hydrogen (secondary N) is 1. The molecule has 0 bridgehead atoms. The van der Waals surface area contributed by atoms with Crippen LogP contribution in [0.5, 0.6) is 0 Å². The second kappa shape index (κ2) is 2.23. The van der Waals surface area contributed by atoms with E-state index in [9.17, 15) is 0 Å². The first-order valence-corrected chi connectivity index (χ1v) is 3.84. The number of H-pyrrole nitrogens is 1. The van der Waals surface area contributed by atoms with Crippen LogP contribution in [0.3, 0.4) is 0 Å². The van der Waals surface area contributed by atoms with Crippen LogP contribution in [0.4, 0.5) is 5.95 Å². The van der Waals surface area contributed by atoms with Gasteiger partial charge in [0.1, 0.15) is 0 Å². The number of hydrogen-bond donors (Lipinski definition) is 3. The molecule has 1 aliphatic rings. The van der Waals surface area contributed by atoms with Crippen molar-refractivity contribution in [1.82, 2.24) is 9.97 Å². The maximum absolute atomic E-state index is 5.77. The van der Waals surface area contributed by atoms with E-state index < -0.39 is 0 Å². The SMILES string of the molecule is Nc1nc2c([nH]1)C[C@H](N)CC2. The van der Waals surface area contributed by atoms with E-state index in [0.717, 1.165) is 30.7 Å². The number of rotatable bonds is 0. The molecule has 0 fully saturated rings. The van der Waals surface area contributed by atoms with Crippen LogP contribution < -0.4 is 11.5 Å². The van der Waals surface area contributed by atoms with Gasteiger partial charge in [-0.15, -0.1) is 0 Å². The quantitative estimate of drug-likeness (QED) is 0.482. The molecule has 4 heteroatoms. The first kappa shape index (κ1) is 6.67. The fraction of sp³-hybridized carbons (Fsp3) is 0.571. The van der Waals surface area contributed by atoms with Crippen LogP contribution in [-0.4, -0.2) is 16.0 Å². The van der Waals surface area contributed by atoms with Gasteiger partial charge in [0.15, 0.2) is 5.95 Å². The van der Waals surface area contributed by atoms with Gasteiger partial charge in [-0.2, -0.15) is 0 Å². The number of nitrogens with two attached hydrogens (primary N) is 2. The van der Waals surface area contributed by atoms with Crippen molar-refractivity contribution in [1.29, 1.82) is 0 Å². The third-order valence-corrected chi connectivity index (χ3v) is 2.10. The fourth-order valence-corrected chi connectivity index (χ4v) is 1.53. The summed E-state index contributed by atoms with van der Waals surface area (Å²) in [5.74, 6) is 0.518. The summed E-state index contributed by atoms with van der Waals surface area (Å²) in [6.45, 7) is 0. The molecule has 0 spiro atoms. The highest BCUT2D eigenvalue weighted by Crippen LogP contribution is 2.18. The number of nitrogens with zero attached hydrogens (tertiary/aromatic N) is 1. The number of fused-ring (bicyclic) bond motifs is 1. The summed E-state index contributed by atoms with van der Waals surface area (Å²) in [6, 6.07) is 0.280. The normalized spacial score (nSPS) is 23.2. The molecule has 0 aliphatic heterocycles. The van der Waals surface area contributed by atoms with Crippen LogP contribution in [0.25, 0.3) is 0 Å². The monoisotopic (exact) mass is 152 g/mol. The molecule has 0 saturated carbocycles. The van der Waals surface area contributed by atoms with Gasteiger partial charge in [-0.05, 0) is 12.8 Å².